The number of benzene rings is 3. The fourth-order valence-electron chi connectivity index (χ4n) is 6.17. The topological polar surface area (TPSA) is 120 Å². The highest BCUT2D eigenvalue weighted by atomic mass is 127. The molecule has 1 radical (unpaired) electrons. The molecule has 0 heterocycles. The van der Waals surface area contributed by atoms with Crippen LogP contribution in [0.4, 0.5) is 4.79 Å². The Kier molecular flexibility index (Phi) is 14.8. The van der Waals surface area contributed by atoms with Crippen LogP contribution < -0.4 is 14.8 Å². The van der Waals surface area contributed by atoms with Gasteiger partial charge in [0.05, 0.1) is 20.8 Å². The molecule has 0 saturated carbocycles. The van der Waals surface area contributed by atoms with Gasteiger partial charge in [-0.1, -0.05) is 81.6 Å². The number of ketones is 1. The number of carbonyl (C=O) groups excluding carboxylic acids is 4. The Labute approximate surface area is 305 Å². The maximum absolute atomic E-state index is 14.6. The summed E-state index contributed by atoms with van der Waals surface area (Å²) in [6.07, 6.45) is 1.88. The van der Waals surface area contributed by atoms with Gasteiger partial charge >= 0.3 is 18.4 Å². The van der Waals surface area contributed by atoms with Crippen molar-refractivity contribution in [3.63, 3.8) is 0 Å². The van der Waals surface area contributed by atoms with Crippen LogP contribution in [-0.4, -0.2) is 73.8 Å². The summed E-state index contributed by atoms with van der Waals surface area (Å²) in [6.45, 7) is 3.76. The predicted molar refractivity (Wildman–Crippen MR) is 196 cm³/mol. The van der Waals surface area contributed by atoms with Crippen molar-refractivity contribution < 1.29 is 37.2 Å². The Hall–Kier alpha value is -3.60. The molecule has 0 spiro atoms. The van der Waals surface area contributed by atoms with Crippen LogP contribution in [0.25, 0.3) is 11.1 Å². The van der Waals surface area contributed by atoms with Gasteiger partial charge in [0.15, 0.2) is 0 Å². The molecule has 10 nitrogen and oxygen atoms in total. The van der Waals surface area contributed by atoms with Crippen molar-refractivity contribution in [2.75, 3.05) is 20.8 Å². The van der Waals surface area contributed by atoms with Crippen LogP contribution in [0.5, 0.6) is 11.5 Å². The molecule has 0 fully saturated rings. The lowest BCUT2D eigenvalue weighted by Gasteiger charge is -2.34. The highest BCUT2D eigenvalue weighted by Crippen LogP contribution is 2.44. The van der Waals surface area contributed by atoms with Gasteiger partial charge in [0, 0.05) is 30.4 Å². The van der Waals surface area contributed by atoms with Gasteiger partial charge in [-0.05, 0) is 40.8 Å². The summed E-state index contributed by atoms with van der Waals surface area (Å²) in [6, 6.07) is 19.0. The zero-order chi connectivity index (χ0) is 35.3. The summed E-state index contributed by atoms with van der Waals surface area (Å²) in [5.74, 6) is -0.492. The lowest BCUT2D eigenvalue weighted by molar-refractivity contribution is -0.150. The van der Waals surface area contributed by atoms with Crippen molar-refractivity contribution in [1.82, 2.24) is 10.2 Å². The standard InChI is InChI=1S/C37H44N2O8.Al.HI/c1-5-7-8-17-33(36(42)43)39(22-24-18-19-26(45-3)21-34(24)46-4)35(41)32(20-25(40)6-2)38-37(44)47-23-31-29-15-11-9-13-27(29)28-14-10-12-16-30(28)31;;/h9-16,18-19,21,31-33H,5-8,17,20,22-23H2,1-4H3,(H,38,44)(H,42,43);;1H/q;+2;/p-2/t32-,33-;;/m0../s1. The van der Waals surface area contributed by atoms with Crippen LogP contribution in [0.2, 0.25) is 0 Å². The molecule has 0 saturated heterocycles. The molecule has 49 heavy (non-hydrogen) atoms. The van der Waals surface area contributed by atoms with E-state index in [1.54, 1.807) is 32.2 Å². The molecule has 0 aliphatic heterocycles. The number of methoxy groups -OCH3 is 2. The van der Waals surface area contributed by atoms with Gasteiger partial charge < -0.3 is 28.2 Å². The van der Waals surface area contributed by atoms with E-state index >= 15 is 0 Å². The lowest BCUT2D eigenvalue weighted by Crippen LogP contribution is -2.54. The zero-order valence-electron chi connectivity index (χ0n) is 28.4. The van der Waals surface area contributed by atoms with Crippen LogP contribution in [0, 0.1) is 0 Å². The molecule has 3 aromatic carbocycles. The smallest absolute Gasteiger partial charge is 0.612 e. The normalized spacial score (nSPS) is 12.9. The number of nitrogens with zero attached hydrogens (tertiary/aromatic N) is 1. The first-order valence-electron chi connectivity index (χ1n) is 16.5. The lowest BCUT2D eigenvalue weighted by atomic mass is 9.98. The molecule has 1 aliphatic carbocycles. The first kappa shape index (κ1) is 38.2. The highest BCUT2D eigenvalue weighted by molar-refractivity contribution is 14.1. The fourth-order valence-corrected chi connectivity index (χ4v) is 7.17. The average molecular weight is 798 g/mol. The third-order valence-electron chi connectivity index (χ3n) is 8.77. The van der Waals surface area contributed by atoms with Crippen molar-refractivity contribution in [3.8, 4) is 22.6 Å². The van der Waals surface area contributed by atoms with Crippen LogP contribution in [-0.2, 0) is 29.5 Å². The summed E-state index contributed by atoms with van der Waals surface area (Å²) in [4.78, 5) is 55.7. The fraction of sp³-hybridized carbons (Fsp3) is 0.405. The van der Waals surface area contributed by atoms with Crippen LogP contribution >= 0.6 is 20.3 Å². The van der Waals surface area contributed by atoms with Crippen molar-refractivity contribution in [1.29, 1.82) is 0 Å². The largest absolute Gasteiger partial charge is 0.627 e. The summed E-state index contributed by atoms with van der Waals surface area (Å²) in [7, 11) is 3.05. The Morgan fingerprint density at radius 1 is 0.918 bits per heavy atom. The van der Waals surface area contributed by atoms with Crippen LogP contribution in [0.3, 0.4) is 0 Å². The molecule has 0 unspecified atom stereocenters. The first-order valence-corrected chi connectivity index (χ1v) is 21.2. The Balaban J connectivity index is 1.63. The number of unbranched alkanes of at least 4 members (excludes halogenated alkanes) is 2. The zero-order valence-corrected chi connectivity index (χ0v) is 31.7. The second-order valence-electron chi connectivity index (χ2n) is 11.8. The van der Waals surface area contributed by atoms with Gasteiger partial charge in [0.1, 0.15) is 36.0 Å². The summed E-state index contributed by atoms with van der Waals surface area (Å²) >= 11 is 1.36. The number of Topliss-reactive ketones (excluding diaryl/α,β-unsaturated/α-hetero) is 1. The molecule has 4 rings (SSSR count). The number of amides is 2. The van der Waals surface area contributed by atoms with E-state index in [9.17, 15) is 19.2 Å². The minimum Gasteiger partial charge on any atom is -0.612 e. The van der Waals surface area contributed by atoms with Gasteiger partial charge in [-0.3, -0.25) is 14.4 Å². The number of hydrogen-bond acceptors (Lipinski definition) is 8. The van der Waals surface area contributed by atoms with Crippen molar-refractivity contribution in [2.45, 2.75) is 76.9 Å². The number of rotatable bonds is 18. The quantitative estimate of drug-likeness (QED) is 0.0852. The van der Waals surface area contributed by atoms with E-state index in [1.165, 1.54) is 12.0 Å². The van der Waals surface area contributed by atoms with Crippen molar-refractivity contribution >= 4 is 56.3 Å². The van der Waals surface area contributed by atoms with E-state index in [-0.39, 0.29) is 37.7 Å². The van der Waals surface area contributed by atoms with E-state index in [4.69, 9.17) is 18.0 Å². The van der Waals surface area contributed by atoms with Crippen LogP contribution in [0.1, 0.15) is 75.0 Å². The number of hydrogen-bond donors (Lipinski definition) is 1. The molecule has 12 heteroatoms. The summed E-state index contributed by atoms with van der Waals surface area (Å²) in [5.41, 5.74) is 4.90. The third kappa shape index (κ3) is 9.77. The average Bonchev–Trinajstić information content (AvgIpc) is 3.44. The minimum atomic E-state index is -1.28. The number of halogens is 1. The number of ether oxygens (including phenoxy) is 3. The van der Waals surface area contributed by atoms with Gasteiger partial charge in [-0.2, -0.15) is 20.3 Å². The molecule has 259 valence electrons. The van der Waals surface area contributed by atoms with Crippen molar-refractivity contribution in [3.05, 3.63) is 83.4 Å². The van der Waals surface area contributed by atoms with Crippen molar-refractivity contribution in [2.24, 2.45) is 0 Å². The SMILES string of the molecule is CCCCC[C@@H](C(=O)[O][Al][I])N(Cc1ccc(OC)cc1OC)C(=O)[C@H](CC(=O)CC)NC(=O)OCC1c2ccccc2-c2ccccc21. The molecule has 0 aromatic heterocycles. The monoisotopic (exact) mass is 797 g/mol. The van der Waals surface area contributed by atoms with Crippen LogP contribution in [0.15, 0.2) is 66.7 Å². The number of alkyl carbamates (subject to hydrolysis) is 1. The molecule has 1 N–H and O–H groups in total. The number of carbonyl (C=O) groups is 4. The predicted octanol–water partition coefficient (Wildman–Crippen LogP) is 6.77. The van der Waals surface area contributed by atoms with E-state index in [0.29, 0.717) is 29.9 Å². The molecule has 1 aliphatic rings. The summed E-state index contributed by atoms with van der Waals surface area (Å²) < 4.78 is 22.3. The number of nitrogens with one attached hydrogen (secondary N) is 1. The maximum Gasteiger partial charge on any atom is 0.627 e. The Morgan fingerprint density at radius 2 is 1.59 bits per heavy atom. The van der Waals surface area contributed by atoms with E-state index < -0.39 is 42.3 Å². The molecule has 3 aromatic rings. The second-order valence-corrected chi connectivity index (χ2v) is 13.7. The van der Waals surface area contributed by atoms with E-state index in [0.717, 1.165) is 35.1 Å². The maximum atomic E-state index is 14.6. The number of fused-ring (bicyclic) bond motifs is 3. The van der Waals surface area contributed by atoms with E-state index in [2.05, 4.69) is 12.2 Å². The van der Waals surface area contributed by atoms with Gasteiger partial charge in [0.25, 0.3) is 5.97 Å². The minimum absolute atomic E-state index is 0.0301. The highest BCUT2D eigenvalue weighted by Gasteiger charge is 2.37. The molecular formula is C37H43AlIN2O8. The summed E-state index contributed by atoms with van der Waals surface area (Å²) in [5, 5.41) is 2.69. The van der Waals surface area contributed by atoms with Gasteiger partial charge in [-0.15, -0.1) is 0 Å². The Bertz CT molecular complexity index is 1570. The van der Waals surface area contributed by atoms with Gasteiger partial charge in [0.2, 0.25) is 5.91 Å². The Morgan fingerprint density at radius 3 is 2.18 bits per heavy atom. The second kappa shape index (κ2) is 19.0. The molecule has 2 amide bonds. The third-order valence-corrected chi connectivity index (χ3v) is 9.85. The molecule has 0 bridgehead atoms. The molecular weight excluding hydrogens is 754 g/mol. The first-order chi connectivity index (χ1) is 23.8. The van der Waals surface area contributed by atoms with E-state index in [1.807, 2.05) is 68.8 Å². The molecule has 2 atom stereocenters. The van der Waals surface area contributed by atoms with Gasteiger partial charge in [-0.25, -0.2) is 4.79 Å².